The Hall–Kier alpha value is -0.910. The molecule has 0 bridgehead atoms. The summed E-state index contributed by atoms with van der Waals surface area (Å²) in [4.78, 5) is 11.8. The molecule has 2 N–H and O–H groups in total. The van der Waals surface area contributed by atoms with Crippen LogP contribution in [0.15, 0.2) is 28.7 Å². The van der Waals surface area contributed by atoms with Gasteiger partial charge in [0.2, 0.25) is 5.91 Å². The van der Waals surface area contributed by atoms with E-state index >= 15 is 0 Å². The van der Waals surface area contributed by atoms with E-state index in [2.05, 4.69) is 26.6 Å². The zero-order valence-electron chi connectivity index (χ0n) is 11.0. The van der Waals surface area contributed by atoms with Crippen molar-refractivity contribution >= 4 is 27.5 Å². The van der Waals surface area contributed by atoms with Crippen LogP contribution in [0.2, 0.25) is 0 Å². The van der Waals surface area contributed by atoms with Gasteiger partial charge in [-0.05, 0) is 47.8 Å². The van der Waals surface area contributed by atoms with Crippen LogP contribution in [0.4, 0.5) is 5.69 Å². The minimum atomic E-state index is -0.0215. The zero-order chi connectivity index (χ0) is 13.7. The Morgan fingerprint density at radius 1 is 1.42 bits per heavy atom. The lowest BCUT2D eigenvalue weighted by molar-refractivity contribution is -0.116. The number of nitrogens with one attached hydrogen (secondary N) is 2. The van der Waals surface area contributed by atoms with E-state index < -0.39 is 0 Å². The normalized spacial score (nSPS) is 21.8. The summed E-state index contributed by atoms with van der Waals surface area (Å²) in [5.74, 6) is -0.0215. The van der Waals surface area contributed by atoms with Crippen LogP contribution in [0.25, 0.3) is 0 Å². The smallest absolute Gasteiger partial charge is 0.238 e. The van der Waals surface area contributed by atoms with E-state index in [-0.39, 0.29) is 5.91 Å². The molecule has 1 fully saturated rings. The molecule has 4 nitrogen and oxygen atoms in total. The van der Waals surface area contributed by atoms with E-state index in [0.29, 0.717) is 18.7 Å². The number of ether oxygens (including phenoxy) is 1. The molecule has 0 unspecified atom stereocenters. The van der Waals surface area contributed by atoms with Gasteiger partial charge in [-0.15, -0.1) is 0 Å². The molecular formula is C14H19BrN2O2. The van der Waals surface area contributed by atoms with Crippen molar-refractivity contribution in [3.05, 3.63) is 28.7 Å². The molecule has 0 radical (unpaired) electrons. The molecule has 1 aliphatic rings. The molecule has 1 amide bonds. The second kappa shape index (κ2) is 7.03. The number of rotatable bonds is 6. The Morgan fingerprint density at radius 3 is 2.84 bits per heavy atom. The maximum Gasteiger partial charge on any atom is 0.238 e. The molecule has 0 saturated heterocycles. The lowest BCUT2D eigenvalue weighted by Crippen LogP contribution is -2.47. The maximum absolute atomic E-state index is 11.8. The Labute approximate surface area is 122 Å². The molecule has 0 atom stereocenters. The molecule has 5 heteroatoms. The van der Waals surface area contributed by atoms with Crippen molar-refractivity contribution in [2.75, 3.05) is 18.5 Å². The lowest BCUT2D eigenvalue weighted by Gasteiger charge is -2.35. The van der Waals surface area contributed by atoms with Crippen molar-refractivity contribution in [2.45, 2.75) is 31.9 Å². The van der Waals surface area contributed by atoms with E-state index in [1.165, 1.54) is 0 Å². The van der Waals surface area contributed by atoms with Gasteiger partial charge in [-0.1, -0.05) is 12.1 Å². The molecule has 104 valence electrons. The number of para-hydroxylation sites is 1. The van der Waals surface area contributed by atoms with Crippen LogP contribution in [-0.2, 0) is 9.53 Å². The zero-order valence-corrected chi connectivity index (χ0v) is 12.6. The minimum Gasteiger partial charge on any atom is -0.378 e. The van der Waals surface area contributed by atoms with Crippen molar-refractivity contribution < 1.29 is 9.53 Å². The van der Waals surface area contributed by atoms with E-state index in [4.69, 9.17) is 4.74 Å². The maximum atomic E-state index is 11.8. The molecule has 0 heterocycles. The number of halogens is 1. The van der Waals surface area contributed by atoms with Crippen molar-refractivity contribution in [3.63, 3.8) is 0 Å². The topological polar surface area (TPSA) is 50.4 Å². The SMILES string of the molecule is CCOC1CC(NCC(=O)Nc2ccccc2Br)C1. The molecule has 1 aromatic rings. The fourth-order valence-electron chi connectivity index (χ4n) is 2.10. The Morgan fingerprint density at radius 2 is 2.16 bits per heavy atom. The van der Waals surface area contributed by atoms with Crippen molar-refractivity contribution in [2.24, 2.45) is 0 Å². The second-order valence-corrected chi connectivity index (χ2v) is 5.51. The first kappa shape index (κ1) is 14.5. The highest BCUT2D eigenvalue weighted by atomic mass is 79.9. The Kier molecular flexibility index (Phi) is 5.36. The summed E-state index contributed by atoms with van der Waals surface area (Å²) in [6, 6.07) is 7.99. The molecule has 0 aromatic heterocycles. The van der Waals surface area contributed by atoms with Gasteiger partial charge < -0.3 is 15.4 Å². The number of anilines is 1. The number of benzene rings is 1. The fourth-order valence-corrected chi connectivity index (χ4v) is 2.48. The largest absolute Gasteiger partial charge is 0.378 e. The third-order valence-electron chi connectivity index (χ3n) is 3.20. The fraction of sp³-hybridized carbons (Fsp3) is 0.500. The van der Waals surface area contributed by atoms with E-state index in [1.807, 2.05) is 31.2 Å². The first-order chi connectivity index (χ1) is 9.19. The van der Waals surface area contributed by atoms with Crippen molar-refractivity contribution in [1.29, 1.82) is 0 Å². The second-order valence-electron chi connectivity index (χ2n) is 4.65. The molecule has 1 aliphatic carbocycles. The minimum absolute atomic E-state index is 0.0215. The Bertz CT molecular complexity index is 433. The summed E-state index contributed by atoms with van der Waals surface area (Å²) in [6.45, 7) is 3.11. The van der Waals surface area contributed by atoms with Crippen LogP contribution in [0.1, 0.15) is 19.8 Å². The number of hydrogen-bond donors (Lipinski definition) is 2. The average molecular weight is 327 g/mol. The van der Waals surface area contributed by atoms with Crippen molar-refractivity contribution in [3.8, 4) is 0 Å². The standard InChI is InChI=1S/C14H19BrN2O2/c1-2-19-11-7-10(8-11)16-9-14(18)17-13-6-4-3-5-12(13)15/h3-6,10-11,16H,2,7-9H2,1H3,(H,17,18). The third-order valence-corrected chi connectivity index (χ3v) is 3.89. The van der Waals surface area contributed by atoms with Crippen LogP contribution < -0.4 is 10.6 Å². The molecule has 19 heavy (non-hydrogen) atoms. The lowest BCUT2D eigenvalue weighted by atomic mass is 9.89. The third kappa shape index (κ3) is 4.30. The number of carbonyl (C=O) groups excluding carboxylic acids is 1. The van der Waals surface area contributed by atoms with Gasteiger partial charge in [0, 0.05) is 17.1 Å². The molecule has 0 aliphatic heterocycles. The van der Waals surface area contributed by atoms with Gasteiger partial charge in [-0.2, -0.15) is 0 Å². The number of carbonyl (C=O) groups is 1. The highest BCUT2D eigenvalue weighted by Gasteiger charge is 2.29. The van der Waals surface area contributed by atoms with Crippen LogP contribution in [0.3, 0.4) is 0 Å². The number of hydrogen-bond acceptors (Lipinski definition) is 3. The van der Waals surface area contributed by atoms with Crippen LogP contribution in [0.5, 0.6) is 0 Å². The van der Waals surface area contributed by atoms with Crippen LogP contribution in [0, 0.1) is 0 Å². The van der Waals surface area contributed by atoms with Gasteiger partial charge in [0.1, 0.15) is 0 Å². The summed E-state index contributed by atoms with van der Waals surface area (Å²) in [6.07, 6.45) is 2.36. The average Bonchev–Trinajstić information content (AvgIpc) is 2.35. The van der Waals surface area contributed by atoms with Gasteiger partial charge >= 0.3 is 0 Å². The first-order valence-corrected chi connectivity index (χ1v) is 7.37. The monoisotopic (exact) mass is 326 g/mol. The summed E-state index contributed by atoms with van der Waals surface area (Å²) in [5, 5.41) is 6.11. The molecule has 1 aromatic carbocycles. The summed E-state index contributed by atoms with van der Waals surface area (Å²) in [7, 11) is 0. The predicted octanol–water partition coefficient (Wildman–Crippen LogP) is 2.54. The van der Waals surface area contributed by atoms with E-state index in [9.17, 15) is 4.79 Å². The molecule has 0 spiro atoms. The van der Waals surface area contributed by atoms with Crippen LogP contribution in [-0.4, -0.2) is 31.2 Å². The summed E-state index contributed by atoms with van der Waals surface area (Å²) >= 11 is 3.40. The van der Waals surface area contributed by atoms with E-state index in [0.717, 1.165) is 29.6 Å². The van der Waals surface area contributed by atoms with Gasteiger partial charge in [-0.25, -0.2) is 0 Å². The quantitative estimate of drug-likeness (QED) is 0.844. The molecular weight excluding hydrogens is 308 g/mol. The number of amides is 1. The first-order valence-electron chi connectivity index (χ1n) is 6.58. The van der Waals surface area contributed by atoms with Gasteiger partial charge in [0.25, 0.3) is 0 Å². The molecule has 2 rings (SSSR count). The highest BCUT2D eigenvalue weighted by Crippen LogP contribution is 2.23. The Balaban J connectivity index is 1.67. The van der Waals surface area contributed by atoms with Crippen molar-refractivity contribution in [1.82, 2.24) is 5.32 Å². The summed E-state index contributed by atoms with van der Waals surface area (Å²) < 4.78 is 6.37. The molecule has 1 saturated carbocycles. The van der Waals surface area contributed by atoms with Gasteiger partial charge in [0.05, 0.1) is 18.3 Å². The van der Waals surface area contributed by atoms with Gasteiger partial charge in [0.15, 0.2) is 0 Å². The van der Waals surface area contributed by atoms with E-state index in [1.54, 1.807) is 0 Å². The highest BCUT2D eigenvalue weighted by molar-refractivity contribution is 9.10. The predicted molar refractivity (Wildman–Crippen MR) is 79.2 cm³/mol. The van der Waals surface area contributed by atoms with Gasteiger partial charge in [-0.3, -0.25) is 4.79 Å². The summed E-state index contributed by atoms with van der Waals surface area (Å²) in [5.41, 5.74) is 0.801. The van der Waals surface area contributed by atoms with Crippen LogP contribution >= 0.6 is 15.9 Å².